The van der Waals surface area contributed by atoms with Gasteiger partial charge >= 0.3 is 11.7 Å². The Balaban J connectivity index is 1.42. The third kappa shape index (κ3) is 8.53. The lowest BCUT2D eigenvalue weighted by atomic mass is 10.0. The van der Waals surface area contributed by atoms with Crippen molar-refractivity contribution in [2.75, 3.05) is 10.5 Å². The molecule has 0 aliphatic heterocycles. The van der Waals surface area contributed by atoms with Gasteiger partial charge in [-0.25, -0.2) is 17.8 Å². The molecule has 1 unspecified atom stereocenters. The molecule has 0 saturated carbocycles. The van der Waals surface area contributed by atoms with E-state index in [1.165, 1.54) is 42.5 Å². The van der Waals surface area contributed by atoms with Crippen LogP contribution in [0, 0.1) is 5.82 Å². The molecule has 0 amide bonds. The summed E-state index contributed by atoms with van der Waals surface area (Å²) in [7, 11) is -3.29. The Hall–Kier alpha value is -5.12. The molecule has 4 N–H and O–H groups in total. The fraction of sp³-hybridized carbons (Fsp3) is 0.353. The Morgan fingerprint density at radius 3 is 2.42 bits per heavy atom. The Morgan fingerprint density at radius 2 is 1.72 bits per heavy atom. The van der Waals surface area contributed by atoms with E-state index in [1.54, 1.807) is 31.0 Å². The predicted octanol–water partition coefficient (Wildman–Crippen LogP) is 7.14. The van der Waals surface area contributed by atoms with Gasteiger partial charge in [0.15, 0.2) is 0 Å². The monoisotopic (exact) mass is 713 g/mol. The normalized spacial score (nSPS) is 12.4. The van der Waals surface area contributed by atoms with Crippen LogP contribution in [0.25, 0.3) is 33.3 Å². The van der Waals surface area contributed by atoms with Crippen LogP contribution in [0.1, 0.15) is 63.5 Å². The van der Waals surface area contributed by atoms with E-state index in [0.717, 1.165) is 43.2 Å². The minimum atomic E-state index is -5.03. The van der Waals surface area contributed by atoms with Gasteiger partial charge in [0.2, 0.25) is 0 Å². The Kier molecular flexibility index (Phi) is 11.3. The first-order chi connectivity index (χ1) is 23.8. The van der Waals surface area contributed by atoms with Crippen LogP contribution >= 0.6 is 0 Å². The molecule has 12 nitrogen and oxygen atoms in total. The molecule has 50 heavy (non-hydrogen) atoms. The molecule has 3 aromatic heterocycles. The largest absolute Gasteiger partial charge is 0.484 e. The second kappa shape index (κ2) is 15.6. The minimum Gasteiger partial charge on any atom is -0.484 e. The van der Waals surface area contributed by atoms with Crippen molar-refractivity contribution in [2.45, 2.75) is 70.3 Å². The number of pyridine rings is 1. The van der Waals surface area contributed by atoms with E-state index in [2.05, 4.69) is 10.1 Å². The van der Waals surface area contributed by atoms with Crippen LogP contribution in [0.5, 0.6) is 5.75 Å². The lowest BCUT2D eigenvalue weighted by Crippen LogP contribution is -2.21. The van der Waals surface area contributed by atoms with Gasteiger partial charge in [0.05, 0.1) is 22.8 Å². The van der Waals surface area contributed by atoms with E-state index in [4.69, 9.17) is 20.7 Å². The van der Waals surface area contributed by atoms with Gasteiger partial charge in [0.1, 0.15) is 29.2 Å². The van der Waals surface area contributed by atoms with E-state index in [-0.39, 0.29) is 23.7 Å². The summed E-state index contributed by atoms with van der Waals surface area (Å²) in [6, 6.07) is 9.79. The number of ether oxygens (including phenoxy) is 1. The number of halogens is 3. The first-order valence-electron chi connectivity index (χ1n) is 16.1. The minimum absolute atomic E-state index is 0.0634. The zero-order valence-electron chi connectivity index (χ0n) is 27.5. The second-order valence-electron chi connectivity index (χ2n) is 11.9. The van der Waals surface area contributed by atoms with Crippen LogP contribution < -0.4 is 15.2 Å². The van der Waals surface area contributed by atoms with Gasteiger partial charge < -0.3 is 15.6 Å². The maximum atomic E-state index is 13.5. The van der Waals surface area contributed by atoms with Crippen molar-refractivity contribution in [2.24, 2.45) is 7.05 Å². The molecule has 5 aromatic rings. The van der Waals surface area contributed by atoms with E-state index in [0.29, 0.717) is 40.7 Å². The number of carbonyl (C=O) groups is 1. The number of nitrogens with zero attached hydrogens (tertiary/aromatic N) is 5. The number of rotatable bonds is 17. The molecule has 3 heterocycles. The lowest BCUT2D eigenvalue weighted by Gasteiger charge is -2.19. The summed E-state index contributed by atoms with van der Waals surface area (Å²) in [6.07, 6.45) is 10.3. The highest BCUT2D eigenvalue weighted by molar-refractivity contribution is 7.93. The summed E-state index contributed by atoms with van der Waals surface area (Å²) in [5.41, 5.74) is 9.77. The number of nitrogens with two attached hydrogens (primary N) is 1. The number of aromatic nitrogens is 5. The van der Waals surface area contributed by atoms with Crippen LogP contribution in [0.15, 0.2) is 61.1 Å². The molecule has 1 atom stereocenters. The van der Waals surface area contributed by atoms with Gasteiger partial charge in [0.25, 0.3) is 10.0 Å². The topological polar surface area (TPSA) is 167 Å². The van der Waals surface area contributed by atoms with Gasteiger partial charge in [0, 0.05) is 49.1 Å². The second-order valence-corrected chi connectivity index (χ2v) is 13.6. The number of aliphatic carboxylic acids is 1. The zero-order valence-corrected chi connectivity index (χ0v) is 28.3. The maximum Gasteiger partial charge on any atom is 0.355 e. The molecule has 0 radical (unpaired) electrons. The van der Waals surface area contributed by atoms with Gasteiger partial charge in [-0.3, -0.25) is 18.9 Å². The quantitative estimate of drug-likeness (QED) is 0.0849. The highest BCUT2D eigenvalue weighted by Crippen LogP contribution is 2.40. The highest BCUT2D eigenvalue weighted by Gasteiger charge is 2.27. The summed E-state index contributed by atoms with van der Waals surface area (Å²) < 4.78 is 75.9. The number of sulfonamides is 1. The first kappa shape index (κ1) is 36.2. The van der Waals surface area contributed by atoms with Gasteiger partial charge in [-0.1, -0.05) is 43.9 Å². The van der Waals surface area contributed by atoms with Crippen molar-refractivity contribution in [1.29, 1.82) is 0 Å². The Labute approximate surface area is 287 Å². The molecule has 0 bridgehead atoms. The van der Waals surface area contributed by atoms with E-state index in [9.17, 15) is 26.4 Å². The number of hydrogen-bond donors (Lipinski definition) is 3. The van der Waals surface area contributed by atoms with Crippen LogP contribution in [0.4, 0.5) is 24.7 Å². The molecular formula is C34H38F3N7O5S. The number of anilines is 2. The summed E-state index contributed by atoms with van der Waals surface area (Å²) >= 11 is 0. The molecule has 0 fully saturated rings. The number of fused-ring (bicyclic) bond motifs is 1. The summed E-state index contributed by atoms with van der Waals surface area (Å²) in [4.78, 5) is 15.1. The number of carboxylic acids is 1. The molecule has 0 spiro atoms. The van der Waals surface area contributed by atoms with Crippen molar-refractivity contribution >= 4 is 38.4 Å². The Morgan fingerprint density at radius 1 is 1.02 bits per heavy atom. The van der Waals surface area contributed by atoms with Crippen LogP contribution in [0.2, 0.25) is 0 Å². The number of aryl methyl sites for hydroxylation is 2. The lowest BCUT2D eigenvalue weighted by molar-refractivity contribution is -0.137. The molecule has 0 saturated heterocycles. The van der Waals surface area contributed by atoms with Crippen LogP contribution in [-0.4, -0.2) is 49.8 Å². The van der Waals surface area contributed by atoms with Crippen molar-refractivity contribution in [1.82, 2.24) is 24.5 Å². The summed E-state index contributed by atoms with van der Waals surface area (Å²) in [6.45, 7) is 2.36. The standard InChI is InChI=1S/C34H38F3N7O5S/c1-21(22-10-13-25(35)14-11-22)49-28-17-23(12-15-27(28)42-50(47,48)34(36)37)31-30-32(43(2)41-31)26(19-39-33(30)38)24-18-40-44(20-24)16-8-6-4-3-5-7-9-29(45)46/h10-15,17-21,34,42H,3-9,16H2,1-2H3,(H2,38,39)(H,45,46). The number of benzene rings is 2. The van der Waals surface area contributed by atoms with E-state index >= 15 is 0 Å². The number of carboxylic acid groups (broad SMARTS) is 1. The molecule has 5 rings (SSSR count). The molecule has 266 valence electrons. The van der Waals surface area contributed by atoms with Crippen molar-refractivity contribution in [3.63, 3.8) is 0 Å². The van der Waals surface area contributed by atoms with Gasteiger partial charge in [-0.05, 0) is 49.6 Å². The average Bonchev–Trinajstić information content (AvgIpc) is 3.68. The van der Waals surface area contributed by atoms with Crippen molar-refractivity contribution in [3.8, 4) is 28.1 Å². The molecule has 0 aliphatic carbocycles. The Bertz CT molecular complexity index is 2070. The maximum absolute atomic E-state index is 13.5. The summed E-state index contributed by atoms with van der Waals surface area (Å²) in [5, 5.41) is 18.5. The number of hydrogen-bond acceptors (Lipinski definition) is 8. The smallest absolute Gasteiger partial charge is 0.355 e. The van der Waals surface area contributed by atoms with Crippen LogP contribution in [-0.2, 0) is 28.4 Å². The fourth-order valence-corrected chi connectivity index (χ4v) is 6.24. The van der Waals surface area contributed by atoms with Crippen molar-refractivity contribution < 1.29 is 36.2 Å². The fourth-order valence-electron chi connectivity index (χ4n) is 5.67. The third-order valence-electron chi connectivity index (χ3n) is 8.25. The van der Waals surface area contributed by atoms with Gasteiger partial charge in [-0.15, -0.1) is 0 Å². The average molecular weight is 714 g/mol. The number of nitrogens with one attached hydrogen (secondary N) is 1. The molecule has 2 aromatic carbocycles. The van der Waals surface area contributed by atoms with Crippen LogP contribution in [0.3, 0.4) is 0 Å². The molecule has 0 aliphatic rings. The SMILES string of the molecule is CC(Oc1cc(-c2nn(C)c3c(-c4cnn(CCCCCCCCC(=O)O)c4)cnc(N)c23)ccc1NS(=O)(=O)C(F)F)c1ccc(F)cc1. The predicted molar refractivity (Wildman–Crippen MR) is 184 cm³/mol. The highest BCUT2D eigenvalue weighted by atomic mass is 32.2. The third-order valence-corrected chi connectivity index (χ3v) is 9.22. The summed E-state index contributed by atoms with van der Waals surface area (Å²) in [5.74, 6) is -4.77. The van der Waals surface area contributed by atoms with Gasteiger partial charge in [-0.2, -0.15) is 19.0 Å². The van der Waals surface area contributed by atoms with E-state index in [1.807, 2.05) is 15.6 Å². The first-order valence-corrected chi connectivity index (χ1v) is 17.6. The number of nitrogen functional groups attached to an aromatic ring is 1. The molecular weight excluding hydrogens is 675 g/mol. The van der Waals surface area contributed by atoms with E-state index < -0.39 is 33.7 Å². The van der Waals surface area contributed by atoms with Crippen molar-refractivity contribution in [3.05, 3.63) is 72.4 Å². The number of unbranched alkanes of at least 4 members (excludes halogenated alkanes) is 5. The number of alkyl halides is 2. The zero-order chi connectivity index (χ0) is 36.0. The molecule has 16 heteroatoms.